The maximum atomic E-state index is 9.55. The molecule has 0 atom stereocenters. The highest BCUT2D eigenvalue weighted by atomic mass is 16.4. The number of hydrogen-bond acceptors (Lipinski definition) is 3. The molecule has 0 aromatic heterocycles. The van der Waals surface area contributed by atoms with Crippen LogP contribution in [0.25, 0.3) is 0 Å². The minimum absolute atomic E-state index is 0.558. The molecule has 1 aliphatic heterocycles. The monoisotopic (exact) mass is 329 g/mol. The van der Waals surface area contributed by atoms with Crippen LogP contribution in [0.15, 0.2) is 47.6 Å². The molecule has 1 heterocycles. The molecule has 1 aliphatic carbocycles. The van der Waals surface area contributed by atoms with Gasteiger partial charge in [0.05, 0.1) is 0 Å². The lowest BCUT2D eigenvalue weighted by atomic mass is 9.90. The largest absolute Gasteiger partial charge is 0.478 e. The van der Waals surface area contributed by atoms with Crippen molar-refractivity contribution in [3.63, 3.8) is 0 Å². The van der Waals surface area contributed by atoms with E-state index in [0.717, 1.165) is 0 Å². The van der Waals surface area contributed by atoms with Crippen LogP contribution in [0.4, 0.5) is 0 Å². The fraction of sp³-hybridized carbons (Fsp3) is 0.368. The van der Waals surface area contributed by atoms with Crippen LogP contribution in [0.2, 0.25) is 0 Å². The predicted octanol–water partition coefficient (Wildman–Crippen LogP) is 2.52. The average molecular weight is 329 g/mol. The first-order valence-electron chi connectivity index (χ1n) is 8.04. The molecule has 0 fully saturated rings. The van der Waals surface area contributed by atoms with E-state index in [4.69, 9.17) is 10.2 Å². The van der Waals surface area contributed by atoms with Crippen LogP contribution in [-0.4, -0.2) is 47.2 Å². The summed E-state index contributed by atoms with van der Waals surface area (Å²) in [5.41, 5.74) is 6.58. The topological polar surface area (TPSA) is 77.8 Å². The fourth-order valence-corrected chi connectivity index (χ4v) is 3.20. The first kappa shape index (κ1) is 17.9. The molecule has 0 radical (unpaired) electrons. The van der Waals surface area contributed by atoms with E-state index >= 15 is 0 Å². The second-order valence-electron chi connectivity index (χ2n) is 6.16. The van der Waals surface area contributed by atoms with E-state index in [1.807, 2.05) is 0 Å². The summed E-state index contributed by atoms with van der Waals surface area (Å²) in [6.07, 6.45) is 6.14. The van der Waals surface area contributed by atoms with Gasteiger partial charge in [0.1, 0.15) is 0 Å². The summed E-state index contributed by atoms with van der Waals surface area (Å²) in [5.74, 6) is -2.51. The Labute approximate surface area is 141 Å². The molecule has 0 saturated heterocycles. The highest BCUT2D eigenvalue weighted by molar-refractivity contribution is 5.89. The smallest absolute Gasteiger partial charge is 0.328 e. The number of aliphatic carboxylic acids is 2. The number of carboxylic acids is 2. The van der Waals surface area contributed by atoms with Crippen molar-refractivity contribution >= 4 is 11.9 Å². The van der Waals surface area contributed by atoms with E-state index in [1.54, 1.807) is 22.3 Å². The lowest BCUT2D eigenvalue weighted by Gasteiger charge is -2.15. The van der Waals surface area contributed by atoms with Crippen molar-refractivity contribution in [1.29, 1.82) is 0 Å². The van der Waals surface area contributed by atoms with Gasteiger partial charge >= 0.3 is 11.9 Å². The van der Waals surface area contributed by atoms with Gasteiger partial charge in [-0.2, -0.15) is 0 Å². The zero-order valence-corrected chi connectivity index (χ0v) is 13.9. The fourth-order valence-electron chi connectivity index (χ4n) is 3.20. The number of rotatable bonds is 2. The number of nitrogens with zero attached hydrogens (tertiary/aromatic N) is 1. The number of fused-ring (bicyclic) bond motifs is 1. The lowest BCUT2D eigenvalue weighted by Crippen LogP contribution is -2.14. The third-order valence-electron chi connectivity index (χ3n) is 4.30. The molecule has 0 spiro atoms. The molecule has 0 amide bonds. The minimum atomic E-state index is -1.26. The van der Waals surface area contributed by atoms with Crippen LogP contribution >= 0.6 is 0 Å². The molecule has 0 saturated carbocycles. The summed E-state index contributed by atoms with van der Waals surface area (Å²) in [4.78, 5) is 21.6. The van der Waals surface area contributed by atoms with Gasteiger partial charge in [-0.1, -0.05) is 35.4 Å². The van der Waals surface area contributed by atoms with E-state index in [2.05, 4.69) is 36.2 Å². The third kappa shape index (κ3) is 5.35. The van der Waals surface area contributed by atoms with E-state index < -0.39 is 11.9 Å². The third-order valence-corrected chi connectivity index (χ3v) is 4.30. The summed E-state index contributed by atoms with van der Waals surface area (Å²) >= 11 is 0. The molecule has 2 N–H and O–H groups in total. The number of hydrogen-bond donors (Lipinski definition) is 2. The Bertz CT molecular complexity index is 621. The molecule has 0 unspecified atom stereocenters. The van der Waals surface area contributed by atoms with Crippen molar-refractivity contribution in [3.8, 4) is 0 Å². The number of benzene rings is 1. The van der Waals surface area contributed by atoms with Crippen molar-refractivity contribution in [2.75, 3.05) is 20.1 Å². The molecule has 128 valence electrons. The number of carbonyl (C=O) groups is 2. The Morgan fingerprint density at radius 1 is 0.875 bits per heavy atom. The van der Waals surface area contributed by atoms with E-state index in [0.29, 0.717) is 12.2 Å². The van der Waals surface area contributed by atoms with Crippen LogP contribution in [0.3, 0.4) is 0 Å². The summed E-state index contributed by atoms with van der Waals surface area (Å²) < 4.78 is 0. The molecule has 0 bridgehead atoms. The summed E-state index contributed by atoms with van der Waals surface area (Å²) in [6, 6.07) is 8.96. The molecule has 5 heteroatoms. The van der Waals surface area contributed by atoms with Gasteiger partial charge in [-0.15, -0.1) is 0 Å². The Balaban J connectivity index is 0.000000224. The first-order valence-corrected chi connectivity index (χ1v) is 8.04. The molecule has 1 aromatic rings. The Hall–Kier alpha value is -2.40. The second kappa shape index (κ2) is 8.45. The quantitative estimate of drug-likeness (QED) is 0.644. The standard InChI is InChI=1S/C15H19N.C4H4O4/c1-16-10-14-8-6-12-4-2-3-5-13(12)7-9-15(14)11-16;5-3(6)1-2-4(7)8/h2-5H,6-11H2,1H3;1-2H,(H,5,6)(H,7,8)/b;2-1+. The zero-order valence-electron chi connectivity index (χ0n) is 13.9. The van der Waals surface area contributed by atoms with Gasteiger partial charge < -0.3 is 10.2 Å². The molecule has 3 rings (SSSR count). The van der Waals surface area contributed by atoms with Crippen LogP contribution in [0.5, 0.6) is 0 Å². The lowest BCUT2D eigenvalue weighted by molar-refractivity contribution is -0.134. The van der Waals surface area contributed by atoms with Crippen molar-refractivity contribution < 1.29 is 19.8 Å². The van der Waals surface area contributed by atoms with Gasteiger partial charge in [-0.25, -0.2) is 9.59 Å². The normalized spacial score (nSPS) is 17.4. The van der Waals surface area contributed by atoms with E-state index in [1.165, 1.54) is 38.8 Å². The Kier molecular flexibility index (Phi) is 6.32. The Morgan fingerprint density at radius 2 is 1.29 bits per heavy atom. The molecular weight excluding hydrogens is 306 g/mol. The summed E-state index contributed by atoms with van der Waals surface area (Å²) in [7, 11) is 2.23. The van der Waals surface area contributed by atoms with Crippen LogP contribution in [0, 0.1) is 0 Å². The van der Waals surface area contributed by atoms with Gasteiger partial charge in [-0.05, 0) is 43.9 Å². The van der Waals surface area contributed by atoms with Crippen LogP contribution < -0.4 is 0 Å². The first-order chi connectivity index (χ1) is 11.5. The van der Waals surface area contributed by atoms with E-state index in [-0.39, 0.29) is 0 Å². The van der Waals surface area contributed by atoms with Crippen molar-refractivity contribution in [3.05, 3.63) is 58.7 Å². The van der Waals surface area contributed by atoms with E-state index in [9.17, 15) is 9.59 Å². The van der Waals surface area contributed by atoms with Gasteiger partial charge in [0, 0.05) is 25.2 Å². The van der Waals surface area contributed by atoms with Gasteiger partial charge in [-0.3, -0.25) is 4.90 Å². The van der Waals surface area contributed by atoms with Crippen molar-refractivity contribution in [1.82, 2.24) is 4.90 Å². The average Bonchev–Trinajstić information content (AvgIpc) is 2.87. The Morgan fingerprint density at radius 3 is 1.67 bits per heavy atom. The predicted molar refractivity (Wildman–Crippen MR) is 92.0 cm³/mol. The second-order valence-corrected chi connectivity index (χ2v) is 6.16. The number of aryl methyl sites for hydroxylation is 2. The van der Waals surface area contributed by atoms with Crippen molar-refractivity contribution in [2.45, 2.75) is 25.7 Å². The van der Waals surface area contributed by atoms with Crippen molar-refractivity contribution in [2.24, 2.45) is 0 Å². The van der Waals surface area contributed by atoms with Gasteiger partial charge in [0.25, 0.3) is 0 Å². The SMILES string of the molecule is CN1CC2=C(CCc3ccccc3CC2)C1.O=C(O)/C=C/C(=O)O. The number of likely N-dealkylation sites (N-methyl/N-ethyl adjacent to an activating group) is 1. The highest BCUT2D eigenvalue weighted by Crippen LogP contribution is 2.28. The van der Waals surface area contributed by atoms with Crippen LogP contribution in [-0.2, 0) is 22.4 Å². The number of carboxylic acid groups (broad SMARTS) is 2. The molecule has 1 aromatic carbocycles. The minimum Gasteiger partial charge on any atom is -0.478 e. The molecule has 24 heavy (non-hydrogen) atoms. The van der Waals surface area contributed by atoms with Gasteiger partial charge in [0.2, 0.25) is 0 Å². The summed E-state index contributed by atoms with van der Waals surface area (Å²) in [5, 5.41) is 15.6. The maximum Gasteiger partial charge on any atom is 0.328 e. The molecule has 2 aliphatic rings. The molecule has 5 nitrogen and oxygen atoms in total. The highest BCUT2D eigenvalue weighted by Gasteiger charge is 2.20. The molecular formula is C19H23NO4. The maximum absolute atomic E-state index is 9.55. The zero-order chi connectivity index (χ0) is 17.5. The van der Waals surface area contributed by atoms with Crippen LogP contribution in [0.1, 0.15) is 24.0 Å². The summed E-state index contributed by atoms with van der Waals surface area (Å²) in [6.45, 7) is 2.41. The van der Waals surface area contributed by atoms with Gasteiger partial charge in [0.15, 0.2) is 0 Å².